The van der Waals surface area contributed by atoms with Gasteiger partial charge in [-0.05, 0) is 0 Å². The zero-order valence-electron chi connectivity index (χ0n) is 25.6. The van der Waals surface area contributed by atoms with Crippen LogP contribution in [0.3, 0.4) is 0 Å². The topological polar surface area (TPSA) is 75.2 Å². The monoisotopic (exact) mass is 719 g/mol. The molecular formula is C36H43IN5OP. The van der Waals surface area contributed by atoms with Crippen LogP contribution < -0.4 is 31.7 Å². The molecule has 230 valence electrons. The maximum atomic E-state index is 6.07. The summed E-state index contributed by atoms with van der Waals surface area (Å²) in [7, 11) is 3.85. The van der Waals surface area contributed by atoms with Gasteiger partial charge < -0.3 is 10.6 Å². The largest absolute Gasteiger partial charge is 0.370 e. The van der Waals surface area contributed by atoms with Crippen LogP contribution in [0.4, 0.5) is 0 Å². The molecule has 1 atom stereocenters. The molecule has 8 heteroatoms. The summed E-state index contributed by atoms with van der Waals surface area (Å²) in [5, 5.41) is 7.36. The molecule has 1 unspecified atom stereocenters. The Kier molecular flexibility index (Phi) is 10.6. The van der Waals surface area contributed by atoms with Crippen molar-refractivity contribution in [2.45, 2.75) is 38.3 Å². The molecule has 0 bridgehead atoms. The van der Waals surface area contributed by atoms with Crippen LogP contribution in [0.15, 0.2) is 125 Å². The predicted octanol–water partition coefficient (Wildman–Crippen LogP) is 6.73. The number of nitrogens with zero attached hydrogens (tertiary/aromatic N) is 3. The number of nitrogens with one attached hydrogen (secondary N) is 1. The second-order valence-corrected chi connectivity index (χ2v) is 22.2. The van der Waals surface area contributed by atoms with Crippen molar-refractivity contribution in [3.05, 3.63) is 121 Å². The summed E-state index contributed by atoms with van der Waals surface area (Å²) in [5.74, 6) is 1.94. The first-order valence-electron chi connectivity index (χ1n) is 15.4. The Morgan fingerprint density at radius 3 is 1.73 bits per heavy atom. The van der Waals surface area contributed by atoms with E-state index in [0.717, 1.165) is 30.3 Å². The van der Waals surface area contributed by atoms with Crippen LogP contribution in [0.5, 0.6) is 5.75 Å². The van der Waals surface area contributed by atoms with Crippen molar-refractivity contribution < 1.29 is 4.74 Å². The Bertz CT molecular complexity index is 1450. The smallest absolute Gasteiger partial charge is 0.197 e. The second kappa shape index (κ2) is 14.6. The van der Waals surface area contributed by atoms with E-state index in [1.165, 1.54) is 35.2 Å². The first-order chi connectivity index (χ1) is 21.4. The molecule has 1 heterocycles. The average molecular weight is 720 g/mol. The zero-order chi connectivity index (χ0) is 30.9. The van der Waals surface area contributed by atoms with Crippen molar-refractivity contribution in [2.24, 2.45) is 15.7 Å². The first kappa shape index (κ1) is 32.0. The minimum absolute atomic E-state index is 0.350. The van der Waals surface area contributed by atoms with Crippen LogP contribution in [-0.2, 0) is 0 Å². The first-order valence-corrected chi connectivity index (χ1v) is 20.6. The summed E-state index contributed by atoms with van der Waals surface area (Å²) in [6, 6.07) is 41.6. The van der Waals surface area contributed by atoms with Crippen molar-refractivity contribution >= 4 is 54.1 Å². The number of benzene rings is 4. The van der Waals surface area contributed by atoms with Crippen LogP contribution in [0.2, 0.25) is 0 Å². The SMILES string of the molecule is CN(C)C1=NC(c2ccc(OCCCCCCCP(I)(c3ccccc3)(c3ccccc3)c3ccccc3)cc2)N=C(N)N1. The normalized spacial score (nSPS) is 15.7. The predicted molar refractivity (Wildman–Crippen MR) is 198 cm³/mol. The van der Waals surface area contributed by atoms with E-state index < -0.39 is 4.25 Å². The molecule has 0 radical (unpaired) electrons. The van der Waals surface area contributed by atoms with E-state index >= 15 is 0 Å². The third kappa shape index (κ3) is 7.10. The van der Waals surface area contributed by atoms with Crippen molar-refractivity contribution in [2.75, 3.05) is 26.9 Å². The van der Waals surface area contributed by atoms with Crippen LogP contribution in [0, 0.1) is 0 Å². The summed E-state index contributed by atoms with van der Waals surface area (Å²) in [5.41, 5.74) is 6.94. The molecule has 0 spiro atoms. The average Bonchev–Trinajstić information content (AvgIpc) is 3.07. The van der Waals surface area contributed by atoms with E-state index in [1.807, 2.05) is 43.3 Å². The van der Waals surface area contributed by atoms with Crippen molar-refractivity contribution in [3.8, 4) is 5.75 Å². The van der Waals surface area contributed by atoms with Crippen LogP contribution in [0.25, 0.3) is 0 Å². The van der Waals surface area contributed by atoms with Gasteiger partial charge in [0, 0.05) is 14.1 Å². The number of hydrogen-bond acceptors (Lipinski definition) is 6. The number of hydrogen-bond donors (Lipinski definition) is 2. The molecule has 0 aromatic heterocycles. The number of ether oxygens (including phenoxy) is 1. The molecule has 3 N–H and O–H groups in total. The quantitative estimate of drug-likeness (QED) is 0.0914. The van der Waals surface area contributed by atoms with Gasteiger partial charge in [0.25, 0.3) is 0 Å². The van der Waals surface area contributed by atoms with Gasteiger partial charge in [-0.3, -0.25) is 5.32 Å². The van der Waals surface area contributed by atoms with E-state index in [0.29, 0.717) is 18.5 Å². The molecular weight excluding hydrogens is 676 g/mol. The number of rotatable bonds is 13. The molecule has 5 rings (SSSR count). The summed E-state index contributed by atoms with van der Waals surface area (Å²) >= 11 is 2.89. The summed E-state index contributed by atoms with van der Waals surface area (Å²) < 4.78 is 3.39. The van der Waals surface area contributed by atoms with E-state index in [2.05, 4.69) is 128 Å². The summed E-state index contributed by atoms with van der Waals surface area (Å²) in [6.07, 6.45) is 6.59. The number of halogens is 1. The number of guanidine groups is 2. The molecule has 1 aliphatic rings. The van der Waals surface area contributed by atoms with Gasteiger partial charge in [-0.15, -0.1) is 0 Å². The second-order valence-electron chi connectivity index (χ2n) is 11.5. The Hall–Kier alpha value is -3.42. The van der Waals surface area contributed by atoms with Crippen LogP contribution in [0.1, 0.15) is 43.8 Å². The molecule has 0 amide bonds. The zero-order valence-corrected chi connectivity index (χ0v) is 28.7. The Balaban J connectivity index is 1.15. The fourth-order valence-corrected chi connectivity index (χ4v) is 14.6. The minimum atomic E-state index is -2.67. The van der Waals surface area contributed by atoms with Gasteiger partial charge in [-0.2, -0.15) is 0 Å². The molecule has 44 heavy (non-hydrogen) atoms. The molecule has 0 saturated heterocycles. The molecule has 6 nitrogen and oxygen atoms in total. The molecule has 0 saturated carbocycles. The van der Waals surface area contributed by atoms with Gasteiger partial charge in [0.15, 0.2) is 12.1 Å². The van der Waals surface area contributed by atoms with Gasteiger partial charge in [0.1, 0.15) is 0 Å². The Labute approximate surface area is 275 Å². The maximum Gasteiger partial charge on any atom is 0.197 e. The number of nitrogens with two attached hydrogens (primary N) is 1. The molecule has 1 aliphatic heterocycles. The third-order valence-corrected chi connectivity index (χ3v) is 20.0. The van der Waals surface area contributed by atoms with Gasteiger partial charge in [-0.1, -0.05) is 0 Å². The van der Waals surface area contributed by atoms with E-state index in [1.54, 1.807) is 0 Å². The summed E-state index contributed by atoms with van der Waals surface area (Å²) in [4.78, 5) is 11.0. The Morgan fingerprint density at radius 1 is 0.705 bits per heavy atom. The van der Waals surface area contributed by atoms with Crippen LogP contribution in [-0.4, -0.2) is 43.7 Å². The molecule has 0 fully saturated rings. The number of aliphatic imine (C=N–C) groups is 2. The fraction of sp³-hybridized carbons (Fsp3) is 0.278. The van der Waals surface area contributed by atoms with Gasteiger partial charge >= 0.3 is 218 Å². The van der Waals surface area contributed by atoms with Crippen molar-refractivity contribution in [1.29, 1.82) is 0 Å². The van der Waals surface area contributed by atoms with E-state index in [4.69, 9.17) is 10.5 Å². The van der Waals surface area contributed by atoms with Gasteiger partial charge in [0.2, 0.25) is 5.96 Å². The van der Waals surface area contributed by atoms with E-state index in [9.17, 15) is 0 Å². The van der Waals surface area contributed by atoms with Crippen molar-refractivity contribution in [3.63, 3.8) is 0 Å². The van der Waals surface area contributed by atoms with Crippen molar-refractivity contribution in [1.82, 2.24) is 10.2 Å². The number of unbranched alkanes of at least 4 members (excludes halogenated alkanes) is 4. The molecule has 0 aliphatic carbocycles. The standard InChI is InChI=1S/C36H43IN5OP/c1-42(2)36-40-34(39-35(38)41-36)29-23-25-30(26-24-29)43-27-15-4-3-5-16-28-44(37,31-17-9-6-10-18-31,32-19-11-7-12-20-32)33-21-13-8-14-22-33/h6-14,17-26,34H,3-5,15-16,27-28H2,1-2H3,(H3,38,39,40,41). The van der Waals surface area contributed by atoms with Crippen LogP contribution >= 0.6 is 26.3 Å². The fourth-order valence-electron chi connectivity index (χ4n) is 5.85. The Morgan fingerprint density at radius 2 is 1.20 bits per heavy atom. The minimum Gasteiger partial charge on any atom is -0.370 e. The maximum absolute atomic E-state index is 6.07. The third-order valence-electron chi connectivity index (χ3n) is 8.22. The van der Waals surface area contributed by atoms with E-state index in [-0.39, 0.29) is 6.17 Å². The molecule has 4 aromatic carbocycles. The molecule has 4 aromatic rings. The summed E-state index contributed by atoms with van der Waals surface area (Å²) in [6.45, 7) is 0.713. The van der Waals surface area contributed by atoms with Gasteiger partial charge in [0.05, 0.1) is 0 Å². The van der Waals surface area contributed by atoms with Gasteiger partial charge in [-0.25, -0.2) is 9.98 Å².